The number of hydrogen-bond acceptors (Lipinski definition) is 3. The number of aryl methyl sites for hydroxylation is 1. The van der Waals surface area contributed by atoms with Crippen LogP contribution in [0.4, 0.5) is 0 Å². The normalized spacial score (nSPS) is 14.2. The lowest BCUT2D eigenvalue weighted by atomic mass is 9.96. The number of benzene rings is 1. The van der Waals surface area contributed by atoms with Gasteiger partial charge < -0.3 is 15.9 Å². The van der Waals surface area contributed by atoms with Crippen LogP contribution in [0.2, 0.25) is 0 Å². The molecule has 0 heterocycles. The number of unbranched alkanes of at least 4 members (excludes halogenated alkanes) is 5. The van der Waals surface area contributed by atoms with Gasteiger partial charge in [0.1, 0.15) is 6.23 Å². The third-order valence-corrected chi connectivity index (χ3v) is 3.84. The van der Waals surface area contributed by atoms with E-state index in [1.54, 1.807) is 0 Å². The molecule has 114 valence electrons. The van der Waals surface area contributed by atoms with Gasteiger partial charge in [-0.15, -0.1) is 0 Å². The first-order chi connectivity index (χ1) is 9.69. The van der Waals surface area contributed by atoms with Crippen molar-refractivity contribution in [3.63, 3.8) is 0 Å². The van der Waals surface area contributed by atoms with Gasteiger partial charge in [0, 0.05) is 5.92 Å². The molecule has 2 unspecified atom stereocenters. The minimum absolute atomic E-state index is 0.131. The molecule has 0 saturated heterocycles. The summed E-state index contributed by atoms with van der Waals surface area (Å²) in [6.45, 7) is 2.11. The smallest absolute Gasteiger partial charge is 0.111 e. The van der Waals surface area contributed by atoms with Gasteiger partial charge >= 0.3 is 0 Å². The van der Waals surface area contributed by atoms with Crippen LogP contribution in [0.25, 0.3) is 0 Å². The van der Waals surface area contributed by atoms with Crippen LogP contribution in [-0.2, 0) is 6.42 Å². The third-order valence-electron chi connectivity index (χ3n) is 3.84. The van der Waals surface area contributed by atoms with Gasteiger partial charge in [0.2, 0.25) is 0 Å². The monoisotopic (exact) mass is 279 g/mol. The van der Waals surface area contributed by atoms with Crippen LogP contribution in [-0.4, -0.2) is 23.0 Å². The maximum atomic E-state index is 9.40. The molecule has 4 N–H and O–H groups in total. The molecule has 0 radical (unpaired) electrons. The van der Waals surface area contributed by atoms with Crippen LogP contribution in [0, 0.1) is 0 Å². The van der Waals surface area contributed by atoms with Gasteiger partial charge in [0.15, 0.2) is 0 Å². The minimum atomic E-state index is -1.01. The Morgan fingerprint density at radius 1 is 1.00 bits per heavy atom. The second-order valence-corrected chi connectivity index (χ2v) is 5.54. The lowest BCUT2D eigenvalue weighted by Crippen LogP contribution is -2.30. The lowest BCUT2D eigenvalue weighted by Gasteiger charge is -2.17. The number of aliphatic hydroxyl groups excluding tert-OH is 2. The number of aliphatic hydroxyl groups is 2. The first-order valence-electron chi connectivity index (χ1n) is 7.82. The fourth-order valence-corrected chi connectivity index (χ4v) is 2.45. The number of nitrogens with two attached hydrogens (primary N) is 1. The van der Waals surface area contributed by atoms with Gasteiger partial charge in [-0.1, -0.05) is 63.3 Å². The Balaban J connectivity index is 2.35. The van der Waals surface area contributed by atoms with E-state index in [4.69, 9.17) is 5.73 Å². The van der Waals surface area contributed by atoms with Gasteiger partial charge in [0.05, 0.1) is 6.61 Å². The molecule has 0 aliphatic rings. The first kappa shape index (κ1) is 17.2. The van der Waals surface area contributed by atoms with Crippen LogP contribution in [0.1, 0.15) is 62.5 Å². The molecule has 1 aromatic carbocycles. The van der Waals surface area contributed by atoms with E-state index in [0.29, 0.717) is 0 Å². The quantitative estimate of drug-likeness (QED) is 0.456. The fraction of sp³-hybridized carbons (Fsp3) is 0.647. The summed E-state index contributed by atoms with van der Waals surface area (Å²) in [6, 6.07) is 8.07. The molecule has 0 spiro atoms. The van der Waals surface area contributed by atoms with E-state index >= 15 is 0 Å². The van der Waals surface area contributed by atoms with Crippen molar-refractivity contribution in [1.29, 1.82) is 0 Å². The molecule has 3 nitrogen and oxygen atoms in total. The fourth-order valence-electron chi connectivity index (χ4n) is 2.45. The SMILES string of the molecule is CCCCCCCCc1ccc(C(CO)C(N)O)cc1. The molecular weight excluding hydrogens is 250 g/mol. The van der Waals surface area contributed by atoms with Crippen molar-refractivity contribution < 1.29 is 10.2 Å². The molecule has 0 saturated carbocycles. The van der Waals surface area contributed by atoms with Gasteiger partial charge in [-0.25, -0.2) is 0 Å². The topological polar surface area (TPSA) is 66.5 Å². The number of hydrogen-bond donors (Lipinski definition) is 3. The van der Waals surface area contributed by atoms with E-state index in [2.05, 4.69) is 19.1 Å². The standard InChI is InChI=1S/C17H29NO2/c1-2-3-4-5-6-7-8-14-9-11-15(12-10-14)16(13-19)17(18)20/h9-12,16-17,19-20H,2-8,13,18H2,1H3. The zero-order chi connectivity index (χ0) is 14.8. The molecular formula is C17H29NO2. The highest BCUT2D eigenvalue weighted by atomic mass is 16.3. The summed E-state index contributed by atoms with van der Waals surface area (Å²) < 4.78 is 0. The summed E-state index contributed by atoms with van der Waals surface area (Å²) in [4.78, 5) is 0. The van der Waals surface area contributed by atoms with Crippen LogP contribution in [0.3, 0.4) is 0 Å². The molecule has 2 atom stereocenters. The molecule has 0 fully saturated rings. The molecule has 0 bridgehead atoms. The molecule has 1 aromatic rings. The highest BCUT2D eigenvalue weighted by Crippen LogP contribution is 2.19. The van der Waals surface area contributed by atoms with Crippen molar-refractivity contribution in [2.75, 3.05) is 6.61 Å². The van der Waals surface area contributed by atoms with Crippen LogP contribution in [0.5, 0.6) is 0 Å². The van der Waals surface area contributed by atoms with Crippen molar-refractivity contribution in [1.82, 2.24) is 0 Å². The summed E-state index contributed by atoms with van der Waals surface area (Å²) in [6.07, 6.45) is 7.93. The van der Waals surface area contributed by atoms with Crippen molar-refractivity contribution in [3.05, 3.63) is 35.4 Å². The van der Waals surface area contributed by atoms with Crippen molar-refractivity contribution >= 4 is 0 Å². The second kappa shape index (κ2) is 9.92. The molecule has 0 aromatic heterocycles. The first-order valence-corrected chi connectivity index (χ1v) is 7.82. The van der Waals surface area contributed by atoms with Gasteiger partial charge in [-0.2, -0.15) is 0 Å². The molecule has 0 amide bonds. The van der Waals surface area contributed by atoms with Gasteiger partial charge in [-0.3, -0.25) is 0 Å². The molecule has 0 aliphatic carbocycles. The average Bonchev–Trinajstić information content (AvgIpc) is 2.44. The third kappa shape index (κ3) is 6.04. The van der Waals surface area contributed by atoms with Crippen molar-refractivity contribution in [3.8, 4) is 0 Å². The van der Waals surface area contributed by atoms with Gasteiger partial charge in [-0.05, 0) is 24.0 Å². The zero-order valence-electron chi connectivity index (χ0n) is 12.6. The minimum Gasteiger partial charge on any atom is -0.396 e. The van der Waals surface area contributed by atoms with E-state index in [1.807, 2.05) is 12.1 Å². The summed E-state index contributed by atoms with van der Waals surface area (Å²) in [7, 11) is 0. The molecule has 3 heteroatoms. The zero-order valence-corrected chi connectivity index (χ0v) is 12.6. The second-order valence-electron chi connectivity index (χ2n) is 5.54. The Morgan fingerprint density at radius 2 is 1.60 bits per heavy atom. The predicted molar refractivity (Wildman–Crippen MR) is 83.5 cm³/mol. The summed E-state index contributed by atoms with van der Waals surface area (Å²) >= 11 is 0. The Bertz CT molecular complexity index is 349. The van der Waals surface area contributed by atoms with Crippen LogP contribution >= 0.6 is 0 Å². The highest BCUT2D eigenvalue weighted by Gasteiger charge is 2.16. The highest BCUT2D eigenvalue weighted by molar-refractivity contribution is 5.26. The van der Waals surface area contributed by atoms with E-state index in [1.165, 1.54) is 44.1 Å². The lowest BCUT2D eigenvalue weighted by molar-refractivity contribution is 0.112. The average molecular weight is 279 g/mol. The largest absolute Gasteiger partial charge is 0.396 e. The van der Waals surface area contributed by atoms with E-state index < -0.39 is 12.1 Å². The summed E-state index contributed by atoms with van der Waals surface area (Å²) in [5, 5.41) is 18.6. The van der Waals surface area contributed by atoms with Crippen LogP contribution in [0.15, 0.2) is 24.3 Å². The maximum absolute atomic E-state index is 9.40. The Hall–Kier alpha value is -0.900. The number of rotatable bonds is 10. The maximum Gasteiger partial charge on any atom is 0.111 e. The van der Waals surface area contributed by atoms with E-state index in [-0.39, 0.29) is 6.61 Å². The predicted octanol–water partition coefficient (Wildman–Crippen LogP) is 2.94. The Kier molecular flexibility index (Phi) is 8.51. The summed E-state index contributed by atoms with van der Waals surface area (Å²) in [5.74, 6) is -0.391. The Labute approximate surface area is 122 Å². The van der Waals surface area contributed by atoms with Crippen LogP contribution < -0.4 is 5.73 Å². The van der Waals surface area contributed by atoms with Gasteiger partial charge in [0.25, 0.3) is 0 Å². The molecule has 1 rings (SSSR count). The van der Waals surface area contributed by atoms with Crippen molar-refractivity contribution in [2.45, 2.75) is 64.0 Å². The summed E-state index contributed by atoms with van der Waals surface area (Å²) in [5.41, 5.74) is 7.66. The molecule has 0 aliphatic heterocycles. The van der Waals surface area contributed by atoms with Crippen molar-refractivity contribution in [2.24, 2.45) is 5.73 Å². The van der Waals surface area contributed by atoms with E-state index in [0.717, 1.165) is 12.0 Å². The Morgan fingerprint density at radius 3 is 2.15 bits per heavy atom. The molecule has 20 heavy (non-hydrogen) atoms. The van der Waals surface area contributed by atoms with E-state index in [9.17, 15) is 10.2 Å².